The van der Waals surface area contributed by atoms with Crippen LogP contribution < -0.4 is 0 Å². The molecule has 0 heterocycles. The molecule has 1 saturated carbocycles. The summed E-state index contributed by atoms with van der Waals surface area (Å²) < 4.78 is 0. The van der Waals surface area contributed by atoms with Gasteiger partial charge in [0.05, 0.1) is 0 Å². The Kier molecular flexibility index (Phi) is 5.99. The lowest BCUT2D eigenvalue weighted by molar-refractivity contribution is -0.138. The molecule has 0 saturated heterocycles. The Labute approximate surface area is 131 Å². The second-order valence-corrected chi connectivity index (χ2v) is 6.22. The Morgan fingerprint density at radius 1 is 1.00 bits per heavy atom. The van der Waals surface area contributed by atoms with Crippen LogP contribution in [-0.4, -0.2) is 22.2 Å². The zero-order valence-electron chi connectivity index (χ0n) is 12.8. The van der Waals surface area contributed by atoms with Gasteiger partial charge in [-0.05, 0) is 55.1 Å². The van der Waals surface area contributed by atoms with Crippen molar-refractivity contribution in [2.24, 2.45) is 5.92 Å². The molecule has 1 aliphatic carbocycles. The molecule has 2 unspecified atom stereocenters. The van der Waals surface area contributed by atoms with Gasteiger partial charge in [-0.1, -0.05) is 30.7 Å². The molecule has 22 heavy (non-hydrogen) atoms. The summed E-state index contributed by atoms with van der Waals surface area (Å²) in [5.41, 5.74) is 2.47. The summed E-state index contributed by atoms with van der Waals surface area (Å²) in [5.74, 6) is -0.496. The minimum atomic E-state index is -0.746. The van der Waals surface area contributed by atoms with E-state index in [2.05, 4.69) is 24.3 Å². The highest BCUT2D eigenvalue weighted by atomic mass is 16.4. The highest BCUT2D eigenvalue weighted by Crippen LogP contribution is 2.42. The standard InChI is InChI=1S/C18H24O4/c19-17(20)6-1-3-13-7-9-15(10-8-13)16-5-2-4-14(16)11-12-18(21)22/h7-10,14,16H,1-6,11-12H2,(H,19,20)(H,21,22). The van der Waals surface area contributed by atoms with Gasteiger partial charge in [0.15, 0.2) is 0 Å². The molecule has 1 aliphatic rings. The van der Waals surface area contributed by atoms with Crippen LogP contribution in [0.25, 0.3) is 0 Å². The van der Waals surface area contributed by atoms with Crippen LogP contribution in [0.15, 0.2) is 24.3 Å². The van der Waals surface area contributed by atoms with Crippen molar-refractivity contribution in [3.8, 4) is 0 Å². The van der Waals surface area contributed by atoms with Crippen molar-refractivity contribution in [1.82, 2.24) is 0 Å². The van der Waals surface area contributed by atoms with Gasteiger partial charge >= 0.3 is 11.9 Å². The quantitative estimate of drug-likeness (QED) is 0.765. The molecule has 4 nitrogen and oxygen atoms in total. The summed E-state index contributed by atoms with van der Waals surface area (Å²) in [6.45, 7) is 0. The minimum absolute atomic E-state index is 0.210. The third kappa shape index (κ3) is 4.86. The van der Waals surface area contributed by atoms with E-state index >= 15 is 0 Å². The van der Waals surface area contributed by atoms with Gasteiger partial charge in [0.2, 0.25) is 0 Å². The van der Waals surface area contributed by atoms with Gasteiger partial charge in [-0.3, -0.25) is 9.59 Å². The topological polar surface area (TPSA) is 74.6 Å². The number of hydrogen-bond donors (Lipinski definition) is 2. The molecule has 120 valence electrons. The Bertz CT molecular complexity index is 506. The summed E-state index contributed by atoms with van der Waals surface area (Å²) in [6.07, 6.45) is 6.13. The smallest absolute Gasteiger partial charge is 0.303 e. The fourth-order valence-corrected chi connectivity index (χ4v) is 3.51. The summed E-state index contributed by atoms with van der Waals surface area (Å²) >= 11 is 0. The number of benzene rings is 1. The molecular weight excluding hydrogens is 280 g/mol. The van der Waals surface area contributed by atoms with E-state index in [-0.39, 0.29) is 12.8 Å². The van der Waals surface area contributed by atoms with E-state index in [0.717, 1.165) is 25.7 Å². The van der Waals surface area contributed by atoms with Crippen molar-refractivity contribution in [2.75, 3.05) is 0 Å². The zero-order chi connectivity index (χ0) is 15.9. The maximum atomic E-state index is 10.8. The Balaban J connectivity index is 1.91. The molecule has 0 aromatic heterocycles. The van der Waals surface area contributed by atoms with Crippen molar-refractivity contribution in [3.63, 3.8) is 0 Å². The lowest BCUT2D eigenvalue weighted by Crippen LogP contribution is -2.09. The van der Waals surface area contributed by atoms with Crippen LogP contribution >= 0.6 is 0 Å². The summed E-state index contributed by atoms with van der Waals surface area (Å²) in [7, 11) is 0. The number of aliphatic carboxylic acids is 2. The first-order valence-electron chi connectivity index (χ1n) is 8.08. The van der Waals surface area contributed by atoms with Crippen LogP contribution in [0, 0.1) is 5.92 Å². The van der Waals surface area contributed by atoms with Gasteiger partial charge < -0.3 is 10.2 Å². The number of carboxylic acid groups (broad SMARTS) is 2. The molecule has 1 aromatic carbocycles. The monoisotopic (exact) mass is 304 g/mol. The second-order valence-electron chi connectivity index (χ2n) is 6.22. The molecule has 2 atom stereocenters. The highest BCUT2D eigenvalue weighted by molar-refractivity contribution is 5.66. The number of rotatable bonds is 8. The average Bonchev–Trinajstić information content (AvgIpc) is 2.94. The summed E-state index contributed by atoms with van der Waals surface area (Å²) in [5, 5.41) is 17.5. The largest absolute Gasteiger partial charge is 0.481 e. The van der Waals surface area contributed by atoms with Crippen molar-refractivity contribution in [1.29, 1.82) is 0 Å². The van der Waals surface area contributed by atoms with Gasteiger partial charge in [0.1, 0.15) is 0 Å². The molecule has 4 heteroatoms. The highest BCUT2D eigenvalue weighted by Gasteiger charge is 2.28. The van der Waals surface area contributed by atoms with Gasteiger partial charge in [-0.25, -0.2) is 0 Å². The zero-order valence-corrected chi connectivity index (χ0v) is 12.8. The SMILES string of the molecule is O=C(O)CCCc1ccc(C2CCCC2CCC(=O)O)cc1. The van der Waals surface area contributed by atoms with Crippen LogP contribution in [0.1, 0.15) is 62.0 Å². The van der Waals surface area contributed by atoms with Crippen molar-refractivity contribution >= 4 is 11.9 Å². The van der Waals surface area contributed by atoms with E-state index in [1.54, 1.807) is 0 Å². The maximum Gasteiger partial charge on any atom is 0.303 e. The van der Waals surface area contributed by atoms with Crippen molar-refractivity contribution in [3.05, 3.63) is 35.4 Å². The molecule has 0 spiro atoms. The van der Waals surface area contributed by atoms with E-state index in [4.69, 9.17) is 10.2 Å². The third-order valence-corrected chi connectivity index (χ3v) is 4.65. The minimum Gasteiger partial charge on any atom is -0.481 e. The first kappa shape index (κ1) is 16.5. The van der Waals surface area contributed by atoms with Crippen LogP contribution in [-0.2, 0) is 16.0 Å². The summed E-state index contributed by atoms with van der Waals surface area (Å²) in [4.78, 5) is 21.3. The van der Waals surface area contributed by atoms with Crippen molar-refractivity contribution < 1.29 is 19.8 Å². The molecule has 1 fully saturated rings. The normalized spacial score (nSPS) is 20.9. The Morgan fingerprint density at radius 2 is 1.68 bits per heavy atom. The van der Waals surface area contributed by atoms with E-state index in [1.807, 2.05) is 0 Å². The molecule has 2 N–H and O–H groups in total. The second kappa shape index (κ2) is 7.97. The Hall–Kier alpha value is -1.84. The first-order valence-corrected chi connectivity index (χ1v) is 8.08. The van der Waals surface area contributed by atoms with Crippen molar-refractivity contribution in [2.45, 2.75) is 57.3 Å². The van der Waals surface area contributed by atoms with Gasteiger partial charge in [-0.2, -0.15) is 0 Å². The predicted molar refractivity (Wildman–Crippen MR) is 84.0 cm³/mol. The van der Waals surface area contributed by atoms with Crippen LogP contribution in [0.2, 0.25) is 0 Å². The molecular formula is C18H24O4. The predicted octanol–water partition coefficient (Wildman–Crippen LogP) is 3.84. The Morgan fingerprint density at radius 3 is 2.32 bits per heavy atom. The van der Waals surface area contributed by atoms with E-state index in [1.165, 1.54) is 17.5 Å². The van der Waals surface area contributed by atoms with Crippen LogP contribution in [0.3, 0.4) is 0 Å². The maximum absolute atomic E-state index is 10.8. The molecule has 1 aromatic rings. The number of carboxylic acids is 2. The lowest BCUT2D eigenvalue weighted by atomic mass is 9.85. The third-order valence-electron chi connectivity index (χ3n) is 4.65. The molecule has 0 bridgehead atoms. The fourth-order valence-electron chi connectivity index (χ4n) is 3.51. The number of aryl methyl sites for hydroxylation is 1. The fraction of sp³-hybridized carbons (Fsp3) is 0.556. The number of carbonyl (C=O) groups is 2. The molecule has 2 rings (SSSR count). The van der Waals surface area contributed by atoms with Crippen LogP contribution in [0.5, 0.6) is 0 Å². The molecule has 0 radical (unpaired) electrons. The molecule has 0 amide bonds. The van der Waals surface area contributed by atoms with E-state index < -0.39 is 11.9 Å². The first-order chi connectivity index (χ1) is 10.6. The molecule has 0 aliphatic heterocycles. The van der Waals surface area contributed by atoms with E-state index in [0.29, 0.717) is 18.3 Å². The summed E-state index contributed by atoms with van der Waals surface area (Å²) in [6, 6.07) is 8.45. The van der Waals surface area contributed by atoms with Gasteiger partial charge in [0, 0.05) is 12.8 Å². The average molecular weight is 304 g/mol. The lowest BCUT2D eigenvalue weighted by Gasteiger charge is -2.19. The van der Waals surface area contributed by atoms with E-state index in [9.17, 15) is 9.59 Å². The van der Waals surface area contributed by atoms with Crippen LogP contribution in [0.4, 0.5) is 0 Å². The van der Waals surface area contributed by atoms with Gasteiger partial charge in [0.25, 0.3) is 0 Å². The van der Waals surface area contributed by atoms with Gasteiger partial charge in [-0.15, -0.1) is 0 Å². The number of hydrogen-bond acceptors (Lipinski definition) is 2.